The van der Waals surface area contributed by atoms with Crippen LogP contribution in [0.15, 0.2) is 18.2 Å². The molecule has 0 saturated heterocycles. The zero-order valence-electron chi connectivity index (χ0n) is 16.4. The Hall–Kier alpha value is -2.37. The number of carboxylic acid groups (broad SMARTS) is 1. The van der Waals surface area contributed by atoms with E-state index in [0.717, 1.165) is 31.2 Å². The summed E-state index contributed by atoms with van der Waals surface area (Å²) >= 11 is 0. The van der Waals surface area contributed by atoms with E-state index in [9.17, 15) is 19.5 Å². The molecule has 0 heterocycles. The third-order valence-electron chi connectivity index (χ3n) is 5.08. The summed E-state index contributed by atoms with van der Waals surface area (Å²) < 4.78 is 0. The van der Waals surface area contributed by atoms with Gasteiger partial charge in [0, 0.05) is 17.7 Å². The summed E-state index contributed by atoms with van der Waals surface area (Å²) in [4.78, 5) is 36.5. The molecule has 148 valence electrons. The molecule has 3 N–H and O–H groups in total. The fraction of sp³-hybridized carbons (Fsp3) is 0.571. The van der Waals surface area contributed by atoms with Gasteiger partial charge in [0.05, 0.1) is 0 Å². The average Bonchev–Trinajstić information content (AvgIpc) is 2.82. The van der Waals surface area contributed by atoms with E-state index in [1.54, 1.807) is 18.2 Å². The van der Waals surface area contributed by atoms with Gasteiger partial charge in [-0.25, -0.2) is 4.79 Å². The van der Waals surface area contributed by atoms with Crippen LogP contribution in [0.25, 0.3) is 0 Å². The van der Waals surface area contributed by atoms with E-state index >= 15 is 0 Å². The predicted octanol–water partition coefficient (Wildman–Crippen LogP) is 3.89. The third-order valence-corrected chi connectivity index (χ3v) is 5.08. The molecule has 0 atom stereocenters. The van der Waals surface area contributed by atoms with E-state index in [1.165, 1.54) is 0 Å². The first kappa shape index (κ1) is 20.9. The molecule has 1 aliphatic rings. The van der Waals surface area contributed by atoms with E-state index in [0.29, 0.717) is 30.5 Å². The fourth-order valence-corrected chi connectivity index (χ4v) is 3.53. The third kappa shape index (κ3) is 5.55. The average molecular weight is 374 g/mol. The highest BCUT2D eigenvalue weighted by molar-refractivity contribution is 5.99. The van der Waals surface area contributed by atoms with Gasteiger partial charge >= 0.3 is 5.97 Å². The van der Waals surface area contributed by atoms with Crippen LogP contribution in [0.4, 0.5) is 5.69 Å². The summed E-state index contributed by atoms with van der Waals surface area (Å²) in [5.74, 6) is -1.15. The number of carbonyl (C=O) groups excluding carboxylic acids is 2. The van der Waals surface area contributed by atoms with Gasteiger partial charge in [0.1, 0.15) is 5.54 Å². The monoisotopic (exact) mass is 374 g/mol. The van der Waals surface area contributed by atoms with Gasteiger partial charge in [0.15, 0.2) is 0 Å². The van der Waals surface area contributed by atoms with E-state index in [2.05, 4.69) is 10.6 Å². The summed E-state index contributed by atoms with van der Waals surface area (Å²) in [5, 5.41) is 15.4. The topological polar surface area (TPSA) is 95.5 Å². The fourth-order valence-electron chi connectivity index (χ4n) is 3.53. The van der Waals surface area contributed by atoms with Crippen LogP contribution < -0.4 is 10.6 Å². The number of hydrogen-bond acceptors (Lipinski definition) is 3. The Bertz CT molecular complexity index is 704. The van der Waals surface area contributed by atoms with Crippen LogP contribution in [-0.4, -0.2) is 28.4 Å². The maximum absolute atomic E-state index is 12.7. The molecule has 1 saturated carbocycles. The number of rotatable bonds is 6. The van der Waals surface area contributed by atoms with Gasteiger partial charge in [-0.2, -0.15) is 0 Å². The lowest BCUT2D eigenvalue weighted by Gasteiger charge is -2.29. The Morgan fingerprint density at radius 1 is 1.11 bits per heavy atom. The lowest BCUT2D eigenvalue weighted by molar-refractivity contribution is -0.145. The van der Waals surface area contributed by atoms with Crippen molar-refractivity contribution in [1.29, 1.82) is 0 Å². The molecule has 0 spiro atoms. The molecule has 27 heavy (non-hydrogen) atoms. The van der Waals surface area contributed by atoms with Crippen LogP contribution in [-0.2, 0) is 9.59 Å². The second kappa shape index (κ2) is 9.02. The molecule has 6 heteroatoms. The molecule has 1 aromatic rings. The SMILES string of the molecule is Cc1cc(C(=O)NC2(C(=O)O)CCCCCC2)ccc1NC(=O)CC(C)C. The van der Waals surface area contributed by atoms with Crippen molar-refractivity contribution in [2.45, 2.75) is 71.3 Å². The van der Waals surface area contributed by atoms with Crippen molar-refractivity contribution in [3.8, 4) is 0 Å². The second-order valence-electron chi connectivity index (χ2n) is 7.93. The molecule has 2 rings (SSSR count). The number of nitrogens with one attached hydrogen (secondary N) is 2. The normalized spacial score (nSPS) is 16.4. The van der Waals surface area contributed by atoms with Crippen LogP contribution in [0.5, 0.6) is 0 Å². The summed E-state index contributed by atoms with van der Waals surface area (Å²) in [5.41, 5.74) is 0.648. The van der Waals surface area contributed by atoms with Crippen molar-refractivity contribution in [2.75, 3.05) is 5.32 Å². The van der Waals surface area contributed by atoms with Gasteiger partial charge in [-0.05, 0) is 49.4 Å². The summed E-state index contributed by atoms with van der Waals surface area (Å²) in [6.07, 6.45) is 4.93. The molecule has 1 fully saturated rings. The minimum absolute atomic E-state index is 0.0615. The number of anilines is 1. The Morgan fingerprint density at radius 3 is 2.26 bits per heavy atom. The molecule has 1 aromatic carbocycles. The zero-order valence-corrected chi connectivity index (χ0v) is 16.4. The first-order valence-electron chi connectivity index (χ1n) is 9.70. The molecular weight excluding hydrogens is 344 g/mol. The maximum atomic E-state index is 12.7. The zero-order chi connectivity index (χ0) is 20.0. The van der Waals surface area contributed by atoms with Gasteiger partial charge in [0.25, 0.3) is 5.91 Å². The Morgan fingerprint density at radius 2 is 1.74 bits per heavy atom. The smallest absolute Gasteiger partial charge is 0.329 e. The number of aliphatic carboxylic acids is 1. The van der Waals surface area contributed by atoms with Gasteiger partial charge in [-0.3, -0.25) is 9.59 Å². The Labute approximate surface area is 160 Å². The number of hydrogen-bond donors (Lipinski definition) is 3. The van der Waals surface area contributed by atoms with Crippen LogP contribution in [0.1, 0.15) is 74.7 Å². The van der Waals surface area contributed by atoms with Gasteiger partial charge in [-0.1, -0.05) is 39.5 Å². The van der Waals surface area contributed by atoms with Crippen LogP contribution >= 0.6 is 0 Å². The molecule has 0 aromatic heterocycles. The number of benzene rings is 1. The first-order chi connectivity index (χ1) is 12.7. The quantitative estimate of drug-likeness (QED) is 0.658. The number of carboxylic acids is 1. The van der Waals surface area contributed by atoms with Crippen molar-refractivity contribution in [3.05, 3.63) is 29.3 Å². The highest BCUT2D eigenvalue weighted by Gasteiger charge is 2.40. The Kier molecular flexibility index (Phi) is 6.99. The van der Waals surface area contributed by atoms with Gasteiger partial charge < -0.3 is 15.7 Å². The van der Waals surface area contributed by atoms with Crippen molar-refractivity contribution in [2.24, 2.45) is 5.92 Å². The summed E-state index contributed by atoms with van der Waals surface area (Å²) in [7, 11) is 0. The van der Waals surface area contributed by atoms with Crippen LogP contribution in [0, 0.1) is 12.8 Å². The van der Waals surface area contributed by atoms with Crippen molar-refractivity contribution in [3.63, 3.8) is 0 Å². The highest BCUT2D eigenvalue weighted by Crippen LogP contribution is 2.28. The second-order valence-corrected chi connectivity index (χ2v) is 7.93. The number of amides is 2. The largest absolute Gasteiger partial charge is 0.480 e. The number of carbonyl (C=O) groups is 3. The van der Waals surface area contributed by atoms with Gasteiger partial charge in [-0.15, -0.1) is 0 Å². The van der Waals surface area contributed by atoms with E-state index < -0.39 is 11.5 Å². The van der Waals surface area contributed by atoms with Crippen LogP contribution in [0.2, 0.25) is 0 Å². The maximum Gasteiger partial charge on any atom is 0.329 e. The van der Waals surface area contributed by atoms with Crippen molar-refractivity contribution < 1.29 is 19.5 Å². The summed E-state index contributed by atoms with van der Waals surface area (Å²) in [6.45, 7) is 5.78. The molecule has 1 aliphatic carbocycles. The Balaban J connectivity index is 2.13. The van der Waals surface area contributed by atoms with E-state index in [1.807, 2.05) is 20.8 Å². The minimum atomic E-state index is -1.19. The lowest BCUT2D eigenvalue weighted by Crippen LogP contribution is -2.54. The first-order valence-corrected chi connectivity index (χ1v) is 9.70. The van der Waals surface area contributed by atoms with Crippen LogP contribution in [0.3, 0.4) is 0 Å². The standard InChI is InChI=1S/C21H30N2O4/c1-14(2)12-18(24)22-17-9-8-16(13-15(17)3)19(25)23-21(20(26)27)10-6-4-5-7-11-21/h8-9,13-14H,4-7,10-12H2,1-3H3,(H,22,24)(H,23,25)(H,26,27). The van der Waals surface area contributed by atoms with Crippen molar-refractivity contribution in [1.82, 2.24) is 5.32 Å². The molecule has 2 amide bonds. The molecule has 6 nitrogen and oxygen atoms in total. The summed E-state index contributed by atoms with van der Waals surface area (Å²) in [6, 6.07) is 5.01. The van der Waals surface area contributed by atoms with E-state index in [-0.39, 0.29) is 17.7 Å². The molecule has 0 aliphatic heterocycles. The molecular formula is C21H30N2O4. The predicted molar refractivity (Wildman–Crippen MR) is 105 cm³/mol. The minimum Gasteiger partial charge on any atom is -0.480 e. The molecule has 0 radical (unpaired) electrons. The molecule has 0 unspecified atom stereocenters. The molecule has 0 bridgehead atoms. The lowest BCUT2D eigenvalue weighted by atomic mass is 9.89. The van der Waals surface area contributed by atoms with E-state index in [4.69, 9.17) is 0 Å². The highest BCUT2D eigenvalue weighted by atomic mass is 16.4. The van der Waals surface area contributed by atoms with Crippen molar-refractivity contribution >= 4 is 23.5 Å². The van der Waals surface area contributed by atoms with Gasteiger partial charge in [0.2, 0.25) is 5.91 Å². The number of aryl methyl sites for hydroxylation is 1.